The van der Waals surface area contributed by atoms with E-state index in [9.17, 15) is 15.3 Å². The Morgan fingerprint density at radius 1 is 1.29 bits per heavy atom. The molecule has 17 heavy (non-hydrogen) atoms. The van der Waals surface area contributed by atoms with E-state index in [1.54, 1.807) is 0 Å². The van der Waals surface area contributed by atoms with Gasteiger partial charge >= 0.3 is 0 Å². The molecule has 1 aliphatic rings. The van der Waals surface area contributed by atoms with Crippen molar-refractivity contribution in [3.63, 3.8) is 0 Å². The Morgan fingerprint density at radius 2 is 1.94 bits per heavy atom. The number of aliphatic hydroxyl groups is 4. The minimum Gasteiger partial charge on any atom is -0.484 e. The van der Waals surface area contributed by atoms with E-state index in [1.165, 1.54) is 7.11 Å². The Bertz CT molecular complexity index is 264. The van der Waals surface area contributed by atoms with E-state index in [4.69, 9.17) is 15.3 Å². The molecule has 1 fully saturated rings. The van der Waals surface area contributed by atoms with Gasteiger partial charge in [0.2, 0.25) is 0 Å². The van der Waals surface area contributed by atoms with Crippen LogP contribution in [0.5, 0.6) is 0 Å². The fourth-order valence-electron chi connectivity index (χ4n) is 1.42. The van der Waals surface area contributed by atoms with Crippen LogP contribution in [-0.2, 0) is 9.47 Å². The maximum Gasteiger partial charge on any atom is 0.190 e. The summed E-state index contributed by atoms with van der Waals surface area (Å²) in [5, 5.41) is 44.9. The lowest BCUT2D eigenvalue weighted by Gasteiger charge is -2.39. The third-order valence-corrected chi connectivity index (χ3v) is 3.62. The Balaban J connectivity index is 2.56. The summed E-state index contributed by atoms with van der Waals surface area (Å²) in [4.78, 5) is 0. The van der Waals surface area contributed by atoms with Crippen molar-refractivity contribution in [3.05, 3.63) is 0 Å². The van der Waals surface area contributed by atoms with Crippen molar-refractivity contribution in [2.45, 2.75) is 29.9 Å². The number of thioether (sulfide) groups is 1. The Morgan fingerprint density at radius 3 is 2.47 bits per heavy atom. The highest BCUT2D eigenvalue weighted by Gasteiger charge is 2.43. The van der Waals surface area contributed by atoms with Crippen LogP contribution >= 0.6 is 11.8 Å². The maximum absolute atomic E-state index is 9.66. The number of ether oxygens (including phenoxy) is 2. The third kappa shape index (κ3) is 3.54. The van der Waals surface area contributed by atoms with Crippen LogP contribution in [0, 0.1) is 5.41 Å². The summed E-state index contributed by atoms with van der Waals surface area (Å²) in [5.74, 6) is 0.172. The van der Waals surface area contributed by atoms with Crippen molar-refractivity contribution in [1.82, 2.24) is 0 Å². The van der Waals surface area contributed by atoms with Gasteiger partial charge in [0.15, 0.2) is 5.90 Å². The minimum atomic E-state index is -1.38. The number of aliphatic hydroxyl groups excluding tert-OH is 4. The van der Waals surface area contributed by atoms with E-state index < -0.39 is 36.5 Å². The lowest BCUT2D eigenvalue weighted by atomic mass is 10.0. The van der Waals surface area contributed by atoms with E-state index in [0.29, 0.717) is 0 Å². The molecule has 1 rings (SSSR count). The van der Waals surface area contributed by atoms with Crippen LogP contribution in [0.15, 0.2) is 0 Å². The zero-order chi connectivity index (χ0) is 13.0. The van der Waals surface area contributed by atoms with Crippen LogP contribution in [0.2, 0.25) is 0 Å². The molecule has 8 heteroatoms. The van der Waals surface area contributed by atoms with Gasteiger partial charge in [0, 0.05) is 0 Å². The van der Waals surface area contributed by atoms with Gasteiger partial charge in [-0.05, 0) is 0 Å². The van der Waals surface area contributed by atoms with Gasteiger partial charge in [0.05, 0.1) is 19.5 Å². The van der Waals surface area contributed by atoms with Crippen LogP contribution < -0.4 is 0 Å². The molecule has 0 aliphatic carbocycles. The third-order valence-electron chi connectivity index (χ3n) is 2.47. The standard InChI is InChI=1S/C9H17NO6S/c1-15-5(10)3-17-9-8(14)7(13)6(12)4(2-11)16-9/h4,6-14H,2-3H2,1H3/t4?,6?,7?,8-,9?/m0/s1. The smallest absolute Gasteiger partial charge is 0.190 e. The van der Waals surface area contributed by atoms with Crippen molar-refractivity contribution in [3.8, 4) is 0 Å². The molecule has 0 bridgehead atoms. The summed E-state index contributed by atoms with van der Waals surface area (Å²) in [6.45, 7) is -0.455. The van der Waals surface area contributed by atoms with Crippen LogP contribution in [0.3, 0.4) is 0 Å². The van der Waals surface area contributed by atoms with Crippen LogP contribution in [-0.4, -0.2) is 75.6 Å². The first kappa shape index (κ1) is 14.7. The van der Waals surface area contributed by atoms with Crippen molar-refractivity contribution in [1.29, 1.82) is 5.41 Å². The van der Waals surface area contributed by atoms with Crippen molar-refractivity contribution in [2.75, 3.05) is 19.5 Å². The zero-order valence-corrected chi connectivity index (χ0v) is 10.1. The molecule has 0 aromatic heterocycles. The highest BCUT2D eigenvalue weighted by atomic mass is 32.2. The van der Waals surface area contributed by atoms with Crippen molar-refractivity contribution >= 4 is 17.7 Å². The van der Waals surface area contributed by atoms with E-state index in [-0.39, 0.29) is 11.7 Å². The predicted octanol–water partition coefficient (Wildman–Crippen LogP) is -1.86. The molecule has 0 aromatic carbocycles. The van der Waals surface area contributed by atoms with Gasteiger partial charge in [-0.15, -0.1) is 11.8 Å². The van der Waals surface area contributed by atoms with Crippen molar-refractivity contribution in [2.24, 2.45) is 0 Å². The Labute approximate surface area is 103 Å². The van der Waals surface area contributed by atoms with Gasteiger partial charge in [-0.25, -0.2) is 0 Å². The van der Waals surface area contributed by atoms with Crippen molar-refractivity contribution < 1.29 is 29.9 Å². The molecule has 0 saturated carbocycles. The van der Waals surface area contributed by atoms with Gasteiger partial charge in [0.1, 0.15) is 29.9 Å². The quantitative estimate of drug-likeness (QED) is 0.299. The number of rotatable bonds is 4. The second kappa shape index (κ2) is 6.53. The monoisotopic (exact) mass is 267 g/mol. The highest BCUT2D eigenvalue weighted by molar-refractivity contribution is 8.00. The number of nitrogens with one attached hydrogen (secondary N) is 1. The van der Waals surface area contributed by atoms with Gasteiger partial charge < -0.3 is 29.9 Å². The summed E-state index contributed by atoms with van der Waals surface area (Å²) < 4.78 is 9.87. The fourth-order valence-corrected chi connectivity index (χ4v) is 2.43. The zero-order valence-electron chi connectivity index (χ0n) is 9.31. The van der Waals surface area contributed by atoms with E-state index in [0.717, 1.165) is 11.8 Å². The summed E-state index contributed by atoms with van der Waals surface area (Å²) in [7, 11) is 1.36. The Hall–Kier alpha value is -0.380. The molecule has 0 radical (unpaired) electrons. The predicted molar refractivity (Wildman–Crippen MR) is 61.0 cm³/mol. The van der Waals surface area contributed by atoms with Crippen LogP contribution in [0.25, 0.3) is 0 Å². The van der Waals surface area contributed by atoms with Gasteiger partial charge in [-0.2, -0.15) is 0 Å². The van der Waals surface area contributed by atoms with E-state index >= 15 is 0 Å². The second-order valence-electron chi connectivity index (χ2n) is 3.64. The first-order valence-electron chi connectivity index (χ1n) is 5.04. The fraction of sp³-hybridized carbons (Fsp3) is 0.889. The molecule has 5 N–H and O–H groups in total. The van der Waals surface area contributed by atoms with E-state index in [2.05, 4.69) is 4.74 Å². The Kier molecular flexibility index (Phi) is 5.63. The molecular formula is C9H17NO6S. The normalized spacial score (nSPS) is 37.8. The molecule has 1 saturated heterocycles. The number of hydrogen-bond donors (Lipinski definition) is 5. The molecule has 100 valence electrons. The van der Waals surface area contributed by atoms with Crippen LogP contribution in [0.1, 0.15) is 0 Å². The van der Waals surface area contributed by atoms with Gasteiger partial charge in [-0.3, -0.25) is 5.41 Å². The molecule has 4 unspecified atom stereocenters. The average molecular weight is 267 g/mol. The number of hydrogen-bond acceptors (Lipinski definition) is 8. The summed E-state index contributed by atoms with van der Waals surface area (Å²) >= 11 is 1.06. The second-order valence-corrected chi connectivity index (χ2v) is 4.72. The highest BCUT2D eigenvalue weighted by Crippen LogP contribution is 2.28. The summed E-state index contributed by atoms with van der Waals surface area (Å²) in [6.07, 6.45) is -4.92. The summed E-state index contributed by atoms with van der Waals surface area (Å²) in [6, 6.07) is 0. The maximum atomic E-state index is 9.66. The first-order chi connectivity index (χ1) is 8.01. The minimum absolute atomic E-state index is 0.00644. The summed E-state index contributed by atoms with van der Waals surface area (Å²) in [5.41, 5.74) is -0.818. The first-order valence-corrected chi connectivity index (χ1v) is 6.09. The molecule has 0 amide bonds. The largest absolute Gasteiger partial charge is 0.484 e. The molecule has 1 aliphatic heterocycles. The van der Waals surface area contributed by atoms with Gasteiger partial charge in [-0.1, -0.05) is 0 Å². The molecule has 1 heterocycles. The molecule has 7 nitrogen and oxygen atoms in total. The lowest BCUT2D eigenvalue weighted by Crippen LogP contribution is -2.57. The average Bonchev–Trinajstić information content (AvgIpc) is 2.34. The SMILES string of the molecule is COC(=N)CSC1OC(CO)C(O)C(O)[C@@H]1O. The molecule has 0 aromatic rings. The van der Waals surface area contributed by atoms with E-state index in [1.807, 2.05) is 0 Å². The molecule has 0 spiro atoms. The topological polar surface area (TPSA) is 123 Å². The molecular weight excluding hydrogens is 250 g/mol. The lowest BCUT2D eigenvalue weighted by molar-refractivity contribution is -0.205. The number of methoxy groups -OCH3 is 1. The van der Waals surface area contributed by atoms with Gasteiger partial charge in [0.25, 0.3) is 0 Å². The van der Waals surface area contributed by atoms with Crippen LogP contribution in [0.4, 0.5) is 0 Å². The molecule has 5 atom stereocenters.